The van der Waals surface area contributed by atoms with Crippen LogP contribution >= 0.6 is 0 Å². The largest absolute Gasteiger partial charge is 0.314 e. The molecule has 3 heterocycles. The zero-order chi connectivity index (χ0) is 12.4. The van der Waals surface area contributed by atoms with Gasteiger partial charge < -0.3 is 5.32 Å². The van der Waals surface area contributed by atoms with E-state index in [4.69, 9.17) is 0 Å². The molecule has 1 N–H and O–H groups in total. The molecular weight excluding hydrogens is 220 g/mol. The van der Waals surface area contributed by atoms with E-state index in [2.05, 4.69) is 17.1 Å². The molecule has 3 aliphatic heterocycles. The van der Waals surface area contributed by atoms with Crippen molar-refractivity contribution in [1.29, 1.82) is 0 Å². The molecule has 0 saturated carbocycles. The molecule has 0 aromatic carbocycles. The van der Waals surface area contributed by atoms with Crippen LogP contribution in [0.4, 0.5) is 0 Å². The second-order valence-electron chi connectivity index (χ2n) is 6.78. The first-order valence-corrected chi connectivity index (χ1v) is 8.36. The molecule has 4 atom stereocenters. The van der Waals surface area contributed by atoms with E-state index in [0.29, 0.717) is 0 Å². The third kappa shape index (κ3) is 2.60. The lowest BCUT2D eigenvalue weighted by Gasteiger charge is -2.49. The minimum Gasteiger partial charge on any atom is -0.314 e. The molecule has 3 fully saturated rings. The number of hydrogen-bond acceptors (Lipinski definition) is 2. The van der Waals surface area contributed by atoms with Gasteiger partial charge in [0.1, 0.15) is 0 Å². The van der Waals surface area contributed by atoms with Crippen LogP contribution in [-0.4, -0.2) is 36.6 Å². The summed E-state index contributed by atoms with van der Waals surface area (Å²) in [6.07, 6.45) is 11.6. The molecule has 0 aromatic rings. The summed E-state index contributed by atoms with van der Waals surface area (Å²) in [6.45, 7) is 6.44. The van der Waals surface area contributed by atoms with Gasteiger partial charge in [-0.15, -0.1) is 0 Å². The van der Waals surface area contributed by atoms with Crippen LogP contribution in [0.25, 0.3) is 0 Å². The van der Waals surface area contributed by atoms with Gasteiger partial charge in [0.25, 0.3) is 0 Å². The van der Waals surface area contributed by atoms with Crippen molar-refractivity contribution in [2.45, 2.75) is 70.4 Å². The zero-order valence-electron chi connectivity index (χ0n) is 12.0. The summed E-state index contributed by atoms with van der Waals surface area (Å²) in [5.41, 5.74) is 0. The van der Waals surface area contributed by atoms with Gasteiger partial charge in [-0.1, -0.05) is 26.2 Å². The quantitative estimate of drug-likeness (QED) is 0.810. The fraction of sp³-hybridized carbons (Fsp3) is 1.00. The Morgan fingerprint density at radius 3 is 2.78 bits per heavy atom. The summed E-state index contributed by atoms with van der Waals surface area (Å²) in [4.78, 5) is 2.85. The minimum absolute atomic E-state index is 0.829. The second kappa shape index (κ2) is 5.92. The summed E-state index contributed by atoms with van der Waals surface area (Å²) in [5, 5.41) is 3.80. The topological polar surface area (TPSA) is 15.3 Å². The highest BCUT2D eigenvalue weighted by Gasteiger charge is 2.39. The summed E-state index contributed by atoms with van der Waals surface area (Å²) in [6, 6.07) is 1.76. The van der Waals surface area contributed by atoms with E-state index in [1.54, 1.807) is 0 Å². The predicted molar refractivity (Wildman–Crippen MR) is 76.7 cm³/mol. The van der Waals surface area contributed by atoms with Crippen molar-refractivity contribution in [1.82, 2.24) is 10.2 Å². The average Bonchev–Trinajstić information content (AvgIpc) is 2.47. The van der Waals surface area contributed by atoms with Gasteiger partial charge in [-0.05, 0) is 57.0 Å². The van der Waals surface area contributed by atoms with Crippen LogP contribution in [0.1, 0.15) is 58.3 Å². The molecule has 3 saturated heterocycles. The zero-order valence-corrected chi connectivity index (χ0v) is 12.0. The van der Waals surface area contributed by atoms with Crippen molar-refractivity contribution in [2.75, 3.05) is 19.6 Å². The van der Waals surface area contributed by atoms with Crippen LogP contribution < -0.4 is 5.32 Å². The SMILES string of the molecule is CCC1CC(C2CCCCN2)CN2CCCCC12. The molecule has 0 aliphatic carbocycles. The van der Waals surface area contributed by atoms with Gasteiger partial charge in [0.15, 0.2) is 0 Å². The summed E-state index contributed by atoms with van der Waals surface area (Å²) >= 11 is 0. The summed E-state index contributed by atoms with van der Waals surface area (Å²) in [5.74, 6) is 1.91. The van der Waals surface area contributed by atoms with Crippen molar-refractivity contribution < 1.29 is 0 Å². The second-order valence-corrected chi connectivity index (χ2v) is 6.78. The number of nitrogens with zero attached hydrogens (tertiary/aromatic N) is 1. The molecule has 0 spiro atoms. The molecular formula is C16H30N2. The first-order valence-electron chi connectivity index (χ1n) is 8.36. The van der Waals surface area contributed by atoms with Gasteiger partial charge >= 0.3 is 0 Å². The van der Waals surface area contributed by atoms with Crippen LogP contribution in [0, 0.1) is 11.8 Å². The summed E-state index contributed by atoms with van der Waals surface area (Å²) < 4.78 is 0. The van der Waals surface area contributed by atoms with E-state index in [1.165, 1.54) is 71.0 Å². The van der Waals surface area contributed by atoms with Crippen molar-refractivity contribution in [3.05, 3.63) is 0 Å². The van der Waals surface area contributed by atoms with Gasteiger partial charge in [-0.25, -0.2) is 0 Å². The van der Waals surface area contributed by atoms with Gasteiger partial charge in [-0.3, -0.25) is 4.90 Å². The van der Waals surface area contributed by atoms with Crippen LogP contribution in [0.2, 0.25) is 0 Å². The molecule has 0 amide bonds. The molecule has 18 heavy (non-hydrogen) atoms. The van der Waals surface area contributed by atoms with E-state index in [1.807, 2.05) is 0 Å². The Bertz CT molecular complexity index is 252. The lowest BCUT2D eigenvalue weighted by Crippen LogP contribution is -2.55. The Labute approximate surface area is 113 Å². The van der Waals surface area contributed by atoms with E-state index in [-0.39, 0.29) is 0 Å². The lowest BCUT2D eigenvalue weighted by molar-refractivity contribution is 0.0117. The fourth-order valence-electron chi connectivity index (χ4n) is 4.71. The molecule has 0 aromatic heterocycles. The van der Waals surface area contributed by atoms with Crippen molar-refractivity contribution >= 4 is 0 Å². The van der Waals surface area contributed by atoms with Crippen LogP contribution in [-0.2, 0) is 0 Å². The average molecular weight is 250 g/mol. The van der Waals surface area contributed by atoms with E-state index in [0.717, 1.165) is 23.9 Å². The number of rotatable bonds is 2. The Morgan fingerprint density at radius 2 is 2.00 bits per heavy atom. The van der Waals surface area contributed by atoms with E-state index in [9.17, 15) is 0 Å². The molecule has 3 aliphatic rings. The molecule has 104 valence electrons. The normalized spacial score (nSPS) is 42.5. The van der Waals surface area contributed by atoms with E-state index < -0.39 is 0 Å². The molecule has 0 radical (unpaired) electrons. The van der Waals surface area contributed by atoms with E-state index >= 15 is 0 Å². The maximum atomic E-state index is 3.80. The van der Waals surface area contributed by atoms with Crippen LogP contribution in [0.5, 0.6) is 0 Å². The van der Waals surface area contributed by atoms with Crippen molar-refractivity contribution in [2.24, 2.45) is 11.8 Å². The third-order valence-corrected chi connectivity index (χ3v) is 5.72. The number of piperidine rings is 3. The van der Waals surface area contributed by atoms with Crippen molar-refractivity contribution in [3.8, 4) is 0 Å². The molecule has 3 rings (SSSR count). The fourth-order valence-corrected chi connectivity index (χ4v) is 4.71. The predicted octanol–water partition coefficient (Wildman–Crippen LogP) is 3.03. The van der Waals surface area contributed by atoms with Gasteiger partial charge in [0.05, 0.1) is 0 Å². The van der Waals surface area contributed by atoms with Crippen LogP contribution in [0.15, 0.2) is 0 Å². The van der Waals surface area contributed by atoms with Gasteiger partial charge in [0.2, 0.25) is 0 Å². The monoisotopic (exact) mass is 250 g/mol. The molecule has 4 unspecified atom stereocenters. The standard InChI is InChI=1S/C16H30N2/c1-2-13-11-14(15-7-3-5-9-17-15)12-18-10-6-4-8-16(13)18/h13-17H,2-12H2,1H3. The van der Waals surface area contributed by atoms with Gasteiger partial charge in [0, 0.05) is 18.6 Å². The summed E-state index contributed by atoms with van der Waals surface area (Å²) in [7, 11) is 0. The Hall–Kier alpha value is -0.0800. The maximum absolute atomic E-state index is 3.80. The van der Waals surface area contributed by atoms with Crippen LogP contribution in [0.3, 0.4) is 0 Å². The lowest BCUT2D eigenvalue weighted by atomic mass is 9.74. The highest BCUT2D eigenvalue weighted by molar-refractivity contribution is 4.94. The third-order valence-electron chi connectivity index (χ3n) is 5.72. The smallest absolute Gasteiger partial charge is 0.0124 e. The number of fused-ring (bicyclic) bond motifs is 1. The number of hydrogen-bond donors (Lipinski definition) is 1. The Kier molecular flexibility index (Phi) is 4.25. The first-order chi connectivity index (χ1) is 8.88. The molecule has 0 bridgehead atoms. The first kappa shape index (κ1) is 12.9. The minimum atomic E-state index is 0.829. The Morgan fingerprint density at radius 1 is 1.11 bits per heavy atom. The van der Waals surface area contributed by atoms with Gasteiger partial charge in [-0.2, -0.15) is 0 Å². The molecule has 2 heteroatoms. The highest BCUT2D eigenvalue weighted by Crippen LogP contribution is 2.37. The maximum Gasteiger partial charge on any atom is 0.0124 e. The molecule has 2 nitrogen and oxygen atoms in total. The Balaban J connectivity index is 1.65. The van der Waals surface area contributed by atoms with Crippen molar-refractivity contribution in [3.63, 3.8) is 0 Å². The number of nitrogens with one attached hydrogen (secondary N) is 1. The highest BCUT2D eigenvalue weighted by atomic mass is 15.2.